The Hall–Kier alpha value is -2.24. The lowest BCUT2D eigenvalue weighted by Crippen LogP contribution is -2.83. The van der Waals surface area contributed by atoms with E-state index in [-0.39, 0.29) is 6.04 Å². The summed E-state index contributed by atoms with van der Waals surface area (Å²) in [5.74, 6) is -1.11. The van der Waals surface area contributed by atoms with Crippen LogP contribution in [-0.4, -0.2) is 9.78 Å². The molecule has 2 N–H and O–H groups in total. The first-order chi connectivity index (χ1) is 12.0. The van der Waals surface area contributed by atoms with E-state index in [1.807, 2.05) is 49.5 Å². The average molecular weight is 363 g/mol. The van der Waals surface area contributed by atoms with Crippen molar-refractivity contribution in [2.45, 2.75) is 26.4 Å². The van der Waals surface area contributed by atoms with Crippen LogP contribution in [0.25, 0.3) is 5.69 Å². The molecule has 0 spiro atoms. The molecule has 1 heterocycles. The first-order valence-electron chi connectivity index (χ1n) is 8.05. The molecule has 3 rings (SSSR count). The summed E-state index contributed by atoms with van der Waals surface area (Å²) in [4.78, 5) is 0. The molecule has 0 bridgehead atoms. The maximum Gasteiger partial charge on any atom is 0.142 e. The lowest BCUT2D eigenvalue weighted by molar-refractivity contribution is -0.708. The van der Waals surface area contributed by atoms with Crippen molar-refractivity contribution in [3.05, 3.63) is 82.1 Å². The monoisotopic (exact) mass is 362 g/mol. The Balaban J connectivity index is 1.78. The molecule has 0 amide bonds. The number of para-hydroxylation sites is 1. The van der Waals surface area contributed by atoms with Crippen molar-refractivity contribution in [2.24, 2.45) is 0 Å². The number of aryl methyl sites for hydroxylation is 1. The maximum atomic E-state index is 13.9. The van der Waals surface area contributed by atoms with Gasteiger partial charge in [0.15, 0.2) is 0 Å². The molecule has 0 fully saturated rings. The number of quaternary nitrogens is 1. The molecule has 1 aromatic heterocycles. The zero-order valence-electron chi connectivity index (χ0n) is 14.0. The fourth-order valence-electron chi connectivity index (χ4n) is 2.80. The van der Waals surface area contributed by atoms with Crippen LogP contribution in [0.4, 0.5) is 8.78 Å². The minimum atomic E-state index is -0.573. The van der Waals surface area contributed by atoms with Gasteiger partial charge in [0.25, 0.3) is 0 Å². The van der Waals surface area contributed by atoms with E-state index in [2.05, 4.69) is 5.10 Å². The van der Waals surface area contributed by atoms with Gasteiger partial charge < -0.3 is 5.32 Å². The molecule has 0 saturated carbocycles. The van der Waals surface area contributed by atoms with E-state index in [0.717, 1.165) is 23.0 Å². The molecule has 130 valence electrons. The van der Waals surface area contributed by atoms with Crippen LogP contribution in [0.1, 0.15) is 29.8 Å². The average Bonchev–Trinajstić information content (AvgIpc) is 2.88. The van der Waals surface area contributed by atoms with Gasteiger partial charge >= 0.3 is 0 Å². The van der Waals surface area contributed by atoms with E-state index in [1.165, 1.54) is 12.1 Å². The molecule has 0 aliphatic rings. The smallest absolute Gasteiger partial charge is 0.142 e. The van der Waals surface area contributed by atoms with Crippen LogP contribution < -0.4 is 5.32 Å². The van der Waals surface area contributed by atoms with E-state index < -0.39 is 11.6 Å². The highest BCUT2D eigenvalue weighted by Crippen LogP contribution is 2.23. The van der Waals surface area contributed by atoms with Crippen molar-refractivity contribution < 1.29 is 14.1 Å². The minimum Gasteiger partial charge on any atom is -0.336 e. The van der Waals surface area contributed by atoms with Gasteiger partial charge in [-0.3, -0.25) is 0 Å². The van der Waals surface area contributed by atoms with E-state index >= 15 is 0 Å². The highest BCUT2D eigenvalue weighted by Gasteiger charge is 2.19. The standard InChI is InChI=1S/C19H18ClF2N3/c1-12(16-9-8-14(21)10-18(16)22)23-11-17-13(2)24-25(19(17)20)15-6-4-3-5-7-15/h3-10,12,23H,11H2,1-2H3/p+1/t12-/m1/s1. The minimum absolute atomic E-state index is 0.170. The SMILES string of the molecule is Cc1nn(-c2ccccc2)c(Cl)c1C[NH2+][C@H](C)c1ccc(F)cc1F. The van der Waals surface area contributed by atoms with Crippen molar-refractivity contribution in [1.82, 2.24) is 9.78 Å². The van der Waals surface area contributed by atoms with E-state index in [1.54, 1.807) is 4.68 Å². The van der Waals surface area contributed by atoms with Crippen molar-refractivity contribution in [1.29, 1.82) is 0 Å². The number of benzene rings is 2. The topological polar surface area (TPSA) is 34.4 Å². The van der Waals surface area contributed by atoms with E-state index in [0.29, 0.717) is 17.3 Å². The third kappa shape index (κ3) is 3.72. The molecule has 0 radical (unpaired) electrons. The summed E-state index contributed by atoms with van der Waals surface area (Å²) in [5, 5.41) is 7.01. The van der Waals surface area contributed by atoms with Crippen molar-refractivity contribution in [2.75, 3.05) is 0 Å². The van der Waals surface area contributed by atoms with Gasteiger partial charge in [0, 0.05) is 11.6 Å². The normalized spacial score (nSPS) is 12.4. The van der Waals surface area contributed by atoms with Crippen LogP contribution >= 0.6 is 11.6 Å². The van der Waals surface area contributed by atoms with Gasteiger partial charge in [-0.25, -0.2) is 13.5 Å². The van der Waals surface area contributed by atoms with Crippen molar-refractivity contribution in [3.8, 4) is 5.69 Å². The Morgan fingerprint density at radius 3 is 2.56 bits per heavy atom. The Morgan fingerprint density at radius 1 is 1.16 bits per heavy atom. The largest absolute Gasteiger partial charge is 0.336 e. The van der Waals surface area contributed by atoms with Crippen LogP contribution in [0, 0.1) is 18.6 Å². The Kier molecular flexibility index (Phi) is 5.16. The quantitative estimate of drug-likeness (QED) is 0.733. The molecular weight excluding hydrogens is 344 g/mol. The number of hydrogen-bond acceptors (Lipinski definition) is 1. The van der Waals surface area contributed by atoms with Crippen LogP contribution in [0.5, 0.6) is 0 Å². The number of aromatic nitrogens is 2. The third-order valence-electron chi connectivity index (χ3n) is 4.25. The second-order valence-corrected chi connectivity index (χ2v) is 6.35. The first-order valence-corrected chi connectivity index (χ1v) is 8.43. The van der Waals surface area contributed by atoms with E-state index in [4.69, 9.17) is 11.6 Å². The fraction of sp³-hybridized carbons (Fsp3) is 0.211. The number of nitrogens with two attached hydrogens (primary N) is 1. The summed E-state index contributed by atoms with van der Waals surface area (Å²) in [5.41, 5.74) is 3.09. The summed E-state index contributed by atoms with van der Waals surface area (Å²) in [6.07, 6.45) is 0. The summed E-state index contributed by atoms with van der Waals surface area (Å²) in [6.45, 7) is 4.33. The maximum absolute atomic E-state index is 13.9. The summed E-state index contributed by atoms with van der Waals surface area (Å²) in [6, 6.07) is 13.1. The van der Waals surface area contributed by atoms with Gasteiger partial charge in [0.2, 0.25) is 0 Å². The zero-order valence-corrected chi connectivity index (χ0v) is 14.8. The van der Waals surface area contributed by atoms with Crippen LogP contribution in [0.3, 0.4) is 0 Å². The molecule has 0 saturated heterocycles. The molecule has 25 heavy (non-hydrogen) atoms. The van der Waals surface area contributed by atoms with Gasteiger partial charge in [0.05, 0.1) is 16.9 Å². The summed E-state index contributed by atoms with van der Waals surface area (Å²) >= 11 is 6.50. The molecule has 3 aromatic rings. The Morgan fingerprint density at radius 2 is 1.88 bits per heavy atom. The Labute approximate surface area is 150 Å². The lowest BCUT2D eigenvalue weighted by Gasteiger charge is -2.12. The fourth-order valence-corrected chi connectivity index (χ4v) is 3.15. The molecule has 0 aliphatic carbocycles. The summed E-state index contributed by atoms with van der Waals surface area (Å²) in [7, 11) is 0. The van der Waals surface area contributed by atoms with Crippen LogP contribution in [-0.2, 0) is 6.54 Å². The third-order valence-corrected chi connectivity index (χ3v) is 4.64. The van der Waals surface area contributed by atoms with Gasteiger partial charge in [-0.05, 0) is 38.1 Å². The molecular formula is C19H19ClF2N3+. The highest BCUT2D eigenvalue weighted by atomic mass is 35.5. The van der Waals surface area contributed by atoms with Crippen molar-refractivity contribution in [3.63, 3.8) is 0 Å². The number of hydrogen-bond donors (Lipinski definition) is 1. The number of nitrogens with zero attached hydrogens (tertiary/aromatic N) is 2. The second-order valence-electron chi connectivity index (χ2n) is 6.00. The highest BCUT2D eigenvalue weighted by molar-refractivity contribution is 6.30. The molecule has 0 unspecified atom stereocenters. The molecule has 2 aromatic carbocycles. The number of halogens is 3. The van der Waals surface area contributed by atoms with E-state index in [9.17, 15) is 8.78 Å². The molecule has 6 heteroatoms. The molecule has 1 atom stereocenters. The number of rotatable bonds is 5. The Bertz CT molecular complexity index is 878. The predicted octanol–water partition coefficient (Wildman–Crippen LogP) is 3.94. The molecule has 3 nitrogen and oxygen atoms in total. The van der Waals surface area contributed by atoms with Gasteiger partial charge in [-0.15, -0.1) is 0 Å². The zero-order chi connectivity index (χ0) is 18.0. The van der Waals surface area contributed by atoms with Crippen LogP contribution in [0.15, 0.2) is 48.5 Å². The van der Waals surface area contributed by atoms with Crippen LogP contribution in [0.2, 0.25) is 5.15 Å². The lowest BCUT2D eigenvalue weighted by atomic mass is 10.1. The summed E-state index contributed by atoms with van der Waals surface area (Å²) < 4.78 is 28.7. The second kappa shape index (κ2) is 7.33. The van der Waals surface area contributed by atoms with Gasteiger partial charge in [-0.1, -0.05) is 29.8 Å². The van der Waals surface area contributed by atoms with Gasteiger partial charge in [0.1, 0.15) is 29.4 Å². The molecule has 0 aliphatic heterocycles. The van der Waals surface area contributed by atoms with Gasteiger partial charge in [-0.2, -0.15) is 5.10 Å². The predicted molar refractivity (Wildman–Crippen MR) is 93.7 cm³/mol. The van der Waals surface area contributed by atoms with Crippen molar-refractivity contribution >= 4 is 11.6 Å². The first kappa shape index (κ1) is 17.6.